The molecule has 2 aromatic rings. The first kappa shape index (κ1) is 21.9. The molecule has 2 heterocycles. The minimum atomic E-state index is -4.00. The second-order valence-corrected chi connectivity index (χ2v) is 8.66. The SMILES string of the molecule is O=C(COC(=O)C1CCN(S(=O)(=O)c2ccc(F)c(F)c2)CC1)NCc1ccco1. The number of hydrogen-bond donors (Lipinski definition) is 1. The average molecular weight is 442 g/mol. The van der Waals surface area contributed by atoms with E-state index in [0.717, 1.165) is 16.4 Å². The van der Waals surface area contributed by atoms with Gasteiger partial charge in [-0.1, -0.05) is 0 Å². The number of ether oxygens (including phenoxy) is 1. The first-order chi connectivity index (χ1) is 14.3. The predicted octanol–water partition coefficient (Wildman–Crippen LogP) is 1.82. The number of piperidine rings is 1. The Morgan fingerprint density at radius 3 is 2.53 bits per heavy atom. The fraction of sp³-hybridized carbons (Fsp3) is 0.368. The van der Waals surface area contributed by atoms with Gasteiger partial charge < -0.3 is 14.5 Å². The first-order valence-corrected chi connectivity index (χ1v) is 10.6. The van der Waals surface area contributed by atoms with Gasteiger partial charge in [0.2, 0.25) is 10.0 Å². The van der Waals surface area contributed by atoms with Gasteiger partial charge in [0.15, 0.2) is 18.2 Å². The van der Waals surface area contributed by atoms with Crippen LogP contribution in [0.2, 0.25) is 0 Å². The number of nitrogens with zero attached hydrogens (tertiary/aromatic N) is 1. The maximum Gasteiger partial charge on any atom is 0.309 e. The Morgan fingerprint density at radius 1 is 1.17 bits per heavy atom. The van der Waals surface area contributed by atoms with Gasteiger partial charge in [0.05, 0.1) is 23.6 Å². The van der Waals surface area contributed by atoms with Crippen molar-refractivity contribution in [3.8, 4) is 0 Å². The fourth-order valence-corrected chi connectivity index (χ4v) is 4.50. The van der Waals surface area contributed by atoms with Crippen LogP contribution in [-0.4, -0.2) is 44.3 Å². The normalized spacial score (nSPS) is 15.7. The van der Waals surface area contributed by atoms with Crippen LogP contribution >= 0.6 is 0 Å². The highest BCUT2D eigenvalue weighted by Crippen LogP contribution is 2.25. The van der Waals surface area contributed by atoms with Gasteiger partial charge in [-0.15, -0.1) is 0 Å². The molecule has 0 saturated carbocycles. The topological polar surface area (TPSA) is 106 Å². The van der Waals surface area contributed by atoms with Crippen LogP contribution in [0.25, 0.3) is 0 Å². The number of esters is 1. The van der Waals surface area contributed by atoms with Crippen molar-refractivity contribution in [2.24, 2.45) is 5.92 Å². The van der Waals surface area contributed by atoms with Crippen LogP contribution in [0.4, 0.5) is 8.78 Å². The van der Waals surface area contributed by atoms with Gasteiger partial charge >= 0.3 is 5.97 Å². The van der Waals surface area contributed by atoms with E-state index in [-0.39, 0.29) is 37.4 Å². The number of benzene rings is 1. The number of nitrogens with one attached hydrogen (secondary N) is 1. The summed E-state index contributed by atoms with van der Waals surface area (Å²) >= 11 is 0. The molecule has 1 aliphatic rings. The van der Waals surface area contributed by atoms with Crippen LogP contribution < -0.4 is 5.32 Å². The molecule has 1 aromatic heterocycles. The Balaban J connectivity index is 1.46. The highest BCUT2D eigenvalue weighted by atomic mass is 32.2. The molecule has 1 saturated heterocycles. The Hall–Kier alpha value is -2.79. The third-order valence-electron chi connectivity index (χ3n) is 4.70. The molecule has 0 bridgehead atoms. The maximum atomic E-state index is 13.4. The molecule has 1 aliphatic heterocycles. The number of sulfonamides is 1. The lowest BCUT2D eigenvalue weighted by molar-refractivity contribution is -0.153. The van der Waals surface area contributed by atoms with E-state index in [2.05, 4.69) is 5.32 Å². The quantitative estimate of drug-likeness (QED) is 0.656. The minimum Gasteiger partial charge on any atom is -0.467 e. The zero-order valence-electron chi connectivity index (χ0n) is 15.8. The Labute approximate surface area is 171 Å². The summed E-state index contributed by atoms with van der Waals surface area (Å²) < 4.78 is 62.8. The van der Waals surface area contributed by atoms with Crippen LogP contribution in [0.1, 0.15) is 18.6 Å². The van der Waals surface area contributed by atoms with Crippen LogP contribution in [0.15, 0.2) is 45.9 Å². The van der Waals surface area contributed by atoms with E-state index in [1.807, 2.05) is 0 Å². The summed E-state index contributed by atoms with van der Waals surface area (Å²) in [5, 5.41) is 2.54. The summed E-state index contributed by atoms with van der Waals surface area (Å²) in [6.07, 6.45) is 1.85. The largest absolute Gasteiger partial charge is 0.467 e. The lowest BCUT2D eigenvalue weighted by Gasteiger charge is -2.30. The molecule has 0 atom stereocenters. The molecule has 8 nitrogen and oxygen atoms in total. The highest BCUT2D eigenvalue weighted by Gasteiger charge is 2.33. The van der Waals surface area contributed by atoms with Crippen LogP contribution in [0, 0.1) is 17.6 Å². The number of amides is 1. The molecule has 0 unspecified atom stereocenters. The van der Waals surface area contributed by atoms with E-state index in [4.69, 9.17) is 9.15 Å². The van der Waals surface area contributed by atoms with E-state index in [1.165, 1.54) is 6.26 Å². The summed E-state index contributed by atoms with van der Waals surface area (Å²) in [6.45, 7) is -0.242. The number of furan rings is 1. The number of rotatable bonds is 7. The van der Waals surface area contributed by atoms with Crippen LogP contribution in [-0.2, 0) is 30.9 Å². The Kier molecular flexibility index (Phi) is 6.83. The van der Waals surface area contributed by atoms with Gasteiger partial charge in [-0.25, -0.2) is 17.2 Å². The van der Waals surface area contributed by atoms with E-state index in [9.17, 15) is 26.8 Å². The summed E-state index contributed by atoms with van der Waals surface area (Å²) in [5.41, 5.74) is 0. The van der Waals surface area contributed by atoms with Crippen molar-refractivity contribution in [2.45, 2.75) is 24.3 Å². The second kappa shape index (κ2) is 9.35. The van der Waals surface area contributed by atoms with Crippen LogP contribution in [0.3, 0.4) is 0 Å². The van der Waals surface area contributed by atoms with Crippen molar-refractivity contribution in [2.75, 3.05) is 19.7 Å². The van der Waals surface area contributed by atoms with Gasteiger partial charge in [-0.3, -0.25) is 9.59 Å². The highest BCUT2D eigenvalue weighted by molar-refractivity contribution is 7.89. The third kappa shape index (κ3) is 5.22. The molecule has 3 rings (SSSR count). The van der Waals surface area contributed by atoms with Crippen molar-refractivity contribution in [1.29, 1.82) is 0 Å². The molecule has 1 N–H and O–H groups in total. The molecule has 1 aromatic carbocycles. The molecule has 1 fully saturated rings. The first-order valence-electron chi connectivity index (χ1n) is 9.18. The van der Waals surface area contributed by atoms with Crippen LogP contribution in [0.5, 0.6) is 0 Å². The van der Waals surface area contributed by atoms with E-state index < -0.39 is 46.1 Å². The second-order valence-electron chi connectivity index (χ2n) is 6.72. The van der Waals surface area contributed by atoms with Crippen molar-refractivity contribution in [3.05, 3.63) is 54.0 Å². The number of carbonyl (C=O) groups is 2. The van der Waals surface area contributed by atoms with Crippen molar-refractivity contribution < 1.29 is 35.9 Å². The lowest BCUT2D eigenvalue weighted by Crippen LogP contribution is -2.41. The van der Waals surface area contributed by atoms with Crippen molar-refractivity contribution in [1.82, 2.24) is 9.62 Å². The van der Waals surface area contributed by atoms with E-state index >= 15 is 0 Å². The molecule has 0 radical (unpaired) electrons. The fourth-order valence-electron chi connectivity index (χ4n) is 3.02. The van der Waals surface area contributed by atoms with Gasteiger partial charge in [-0.05, 0) is 43.2 Å². The summed E-state index contributed by atoms with van der Waals surface area (Å²) in [5.74, 6) is -3.46. The molecular weight excluding hydrogens is 422 g/mol. The van der Waals surface area contributed by atoms with Gasteiger partial charge in [-0.2, -0.15) is 4.31 Å². The Morgan fingerprint density at radius 2 is 1.90 bits per heavy atom. The molecule has 162 valence electrons. The molecule has 11 heteroatoms. The standard InChI is InChI=1S/C19H20F2N2O6S/c20-16-4-3-15(10-17(16)21)30(26,27)23-7-5-13(6-8-23)19(25)29-12-18(24)22-11-14-2-1-9-28-14/h1-4,9-10,13H,5-8,11-12H2,(H,22,24). The zero-order chi connectivity index (χ0) is 21.7. The summed E-state index contributed by atoms with van der Waals surface area (Å²) in [7, 11) is -4.00. The minimum absolute atomic E-state index is 0.0196. The van der Waals surface area contributed by atoms with Gasteiger partial charge in [0.25, 0.3) is 5.91 Å². The van der Waals surface area contributed by atoms with Crippen molar-refractivity contribution in [3.63, 3.8) is 0 Å². The van der Waals surface area contributed by atoms with Gasteiger partial charge in [0.1, 0.15) is 5.76 Å². The molecular formula is C19H20F2N2O6S. The van der Waals surface area contributed by atoms with E-state index in [0.29, 0.717) is 11.8 Å². The van der Waals surface area contributed by atoms with Gasteiger partial charge in [0, 0.05) is 13.1 Å². The number of carbonyl (C=O) groups excluding carboxylic acids is 2. The number of halogens is 2. The molecule has 0 spiro atoms. The smallest absolute Gasteiger partial charge is 0.309 e. The summed E-state index contributed by atoms with van der Waals surface area (Å²) in [6, 6.07) is 5.75. The predicted molar refractivity (Wildman–Crippen MR) is 99.4 cm³/mol. The molecule has 30 heavy (non-hydrogen) atoms. The molecule has 1 amide bonds. The summed E-state index contributed by atoms with van der Waals surface area (Å²) in [4.78, 5) is 23.6. The third-order valence-corrected chi connectivity index (χ3v) is 6.60. The molecule has 0 aliphatic carbocycles. The number of hydrogen-bond acceptors (Lipinski definition) is 6. The lowest BCUT2D eigenvalue weighted by atomic mass is 9.98. The average Bonchev–Trinajstić information content (AvgIpc) is 3.26. The zero-order valence-corrected chi connectivity index (χ0v) is 16.7. The van der Waals surface area contributed by atoms with E-state index in [1.54, 1.807) is 12.1 Å². The van der Waals surface area contributed by atoms with Crippen molar-refractivity contribution >= 4 is 21.9 Å². The monoisotopic (exact) mass is 442 g/mol. The Bertz CT molecular complexity index is 1000. The maximum absolute atomic E-state index is 13.4.